The van der Waals surface area contributed by atoms with Gasteiger partial charge in [-0.25, -0.2) is 0 Å². The molecule has 2 aliphatic rings. The standard InChI is InChI=1S/C20H20N2O2/c1-12-6-11-18-16-4-3-5-17(16)20(21-19(18)13(12)2)14-7-9-15(10-8-14)22(23)24/h3-4,6-11,16-17,20-21H,5H2,1-2H3/t16-,17+,20+/m0/s1. The van der Waals surface area contributed by atoms with Crippen molar-refractivity contribution in [3.63, 3.8) is 0 Å². The summed E-state index contributed by atoms with van der Waals surface area (Å²) in [5.74, 6) is 0.877. The van der Waals surface area contributed by atoms with Crippen LogP contribution in [0.4, 0.5) is 11.4 Å². The number of fused-ring (bicyclic) bond motifs is 3. The van der Waals surface area contributed by atoms with Crippen LogP contribution in [0, 0.1) is 29.9 Å². The van der Waals surface area contributed by atoms with Crippen molar-refractivity contribution in [2.24, 2.45) is 5.92 Å². The summed E-state index contributed by atoms with van der Waals surface area (Å²) >= 11 is 0. The minimum Gasteiger partial charge on any atom is -0.377 e. The average molecular weight is 320 g/mol. The zero-order valence-electron chi connectivity index (χ0n) is 13.8. The van der Waals surface area contributed by atoms with Crippen LogP contribution in [0.3, 0.4) is 0 Å². The predicted octanol–water partition coefficient (Wildman–Crippen LogP) is 5.04. The fraction of sp³-hybridized carbons (Fsp3) is 0.300. The van der Waals surface area contributed by atoms with Gasteiger partial charge in [0, 0.05) is 23.7 Å². The molecule has 3 atom stereocenters. The minimum atomic E-state index is -0.346. The van der Waals surface area contributed by atoms with Crippen LogP contribution in [0.5, 0.6) is 0 Å². The first-order valence-electron chi connectivity index (χ1n) is 8.34. The molecule has 0 bridgehead atoms. The van der Waals surface area contributed by atoms with Crippen molar-refractivity contribution in [1.29, 1.82) is 0 Å². The highest BCUT2D eigenvalue weighted by Gasteiger charge is 2.38. The van der Waals surface area contributed by atoms with E-state index in [2.05, 4.69) is 43.4 Å². The molecule has 0 amide bonds. The molecule has 122 valence electrons. The Morgan fingerprint density at radius 2 is 1.88 bits per heavy atom. The Morgan fingerprint density at radius 3 is 2.58 bits per heavy atom. The van der Waals surface area contributed by atoms with Gasteiger partial charge in [0.05, 0.1) is 11.0 Å². The van der Waals surface area contributed by atoms with E-state index in [1.54, 1.807) is 12.1 Å². The monoisotopic (exact) mass is 320 g/mol. The number of nitrogens with zero attached hydrogens (tertiary/aromatic N) is 1. The first-order valence-corrected chi connectivity index (χ1v) is 8.34. The number of benzene rings is 2. The van der Waals surface area contributed by atoms with Crippen molar-refractivity contribution in [3.8, 4) is 0 Å². The zero-order valence-corrected chi connectivity index (χ0v) is 13.8. The lowest BCUT2D eigenvalue weighted by Gasteiger charge is -2.38. The maximum atomic E-state index is 10.9. The average Bonchev–Trinajstić information content (AvgIpc) is 3.07. The number of hydrogen-bond donors (Lipinski definition) is 1. The van der Waals surface area contributed by atoms with Crippen molar-refractivity contribution in [3.05, 3.63) is 80.9 Å². The number of hydrogen-bond acceptors (Lipinski definition) is 3. The van der Waals surface area contributed by atoms with Crippen LogP contribution >= 0.6 is 0 Å². The van der Waals surface area contributed by atoms with Gasteiger partial charge in [-0.1, -0.05) is 36.4 Å². The lowest BCUT2D eigenvalue weighted by atomic mass is 9.76. The van der Waals surface area contributed by atoms with Gasteiger partial charge in [0.15, 0.2) is 0 Å². The lowest BCUT2D eigenvalue weighted by molar-refractivity contribution is -0.384. The second-order valence-electron chi connectivity index (χ2n) is 6.80. The summed E-state index contributed by atoms with van der Waals surface area (Å²) in [7, 11) is 0. The molecule has 0 radical (unpaired) electrons. The molecule has 0 aromatic heterocycles. The summed E-state index contributed by atoms with van der Waals surface area (Å²) in [5, 5.41) is 14.6. The largest absolute Gasteiger partial charge is 0.377 e. The number of nitro groups is 1. The van der Waals surface area contributed by atoms with Crippen LogP contribution in [-0.2, 0) is 0 Å². The molecule has 2 aromatic rings. The number of anilines is 1. The molecule has 0 unspecified atom stereocenters. The molecule has 4 nitrogen and oxygen atoms in total. The van der Waals surface area contributed by atoms with E-state index in [-0.39, 0.29) is 16.7 Å². The number of nitro benzene ring substituents is 1. The van der Waals surface area contributed by atoms with E-state index in [9.17, 15) is 10.1 Å². The van der Waals surface area contributed by atoms with Crippen LogP contribution < -0.4 is 5.32 Å². The Bertz CT molecular complexity index is 839. The molecule has 1 aliphatic carbocycles. The summed E-state index contributed by atoms with van der Waals surface area (Å²) in [6.45, 7) is 4.29. The van der Waals surface area contributed by atoms with E-state index in [4.69, 9.17) is 0 Å². The molecule has 1 aliphatic heterocycles. The van der Waals surface area contributed by atoms with Gasteiger partial charge in [-0.2, -0.15) is 0 Å². The van der Waals surface area contributed by atoms with E-state index in [0.29, 0.717) is 11.8 Å². The number of nitrogens with one attached hydrogen (secondary N) is 1. The summed E-state index contributed by atoms with van der Waals surface area (Å²) in [6.07, 6.45) is 5.61. The third-order valence-corrected chi connectivity index (χ3v) is 5.53. The molecule has 2 aromatic carbocycles. The van der Waals surface area contributed by atoms with Gasteiger partial charge >= 0.3 is 0 Å². The fourth-order valence-electron chi connectivity index (χ4n) is 4.05. The summed E-state index contributed by atoms with van der Waals surface area (Å²) < 4.78 is 0. The molecule has 0 spiro atoms. The van der Waals surface area contributed by atoms with Crippen LogP contribution in [-0.4, -0.2) is 4.92 Å². The number of allylic oxidation sites excluding steroid dienone is 2. The van der Waals surface area contributed by atoms with Gasteiger partial charge in [-0.05, 0) is 48.4 Å². The summed E-state index contributed by atoms with van der Waals surface area (Å²) in [6, 6.07) is 11.6. The van der Waals surface area contributed by atoms with E-state index >= 15 is 0 Å². The Labute approximate surface area is 141 Å². The highest BCUT2D eigenvalue weighted by molar-refractivity contribution is 5.65. The van der Waals surface area contributed by atoms with Gasteiger partial charge in [-0.15, -0.1) is 0 Å². The molecule has 1 N–H and O–H groups in total. The second kappa shape index (κ2) is 5.48. The maximum absolute atomic E-state index is 10.9. The highest BCUT2D eigenvalue weighted by Crippen LogP contribution is 2.50. The quantitative estimate of drug-likeness (QED) is 0.479. The van der Waals surface area contributed by atoms with Crippen molar-refractivity contribution in [1.82, 2.24) is 0 Å². The predicted molar refractivity (Wildman–Crippen MR) is 95.4 cm³/mol. The van der Waals surface area contributed by atoms with Crippen LogP contribution in [0.2, 0.25) is 0 Å². The summed E-state index contributed by atoms with van der Waals surface area (Å²) in [5.41, 5.74) is 6.43. The fourth-order valence-corrected chi connectivity index (χ4v) is 4.05. The Balaban J connectivity index is 1.77. The first kappa shape index (κ1) is 14.9. The van der Waals surface area contributed by atoms with Gasteiger partial charge in [0.2, 0.25) is 0 Å². The summed E-state index contributed by atoms with van der Waals surface area (Å²) in [4.78, 5) is 10.6. The van der Waals surface area contributed by atoms with Crippen LogP contribution in [0.25, 0.3) is 0 Å². The van der Waals surface area contributed by atoms with Crippen molar-refractivity contribution in [2.45, 2.75) is 32.2 Å². The Morgan fingerprint density at radius 1 is 1.12 bits per heavy atom. The van der Waals surface area contributed by atoms with Crippen molar-refractivity contribution in [2.75, 3.05) is 5.32 Å². The van der Waals surface area contributed by atoms with E-state index < -0.39 is 0 Å². The van der Waals surface area contributed by atoms with E-state index in [1.165, 1.54) is 22.4 Å². The van der Waals surface area contributed by atoms with Gasteiger partial charge < -0.3 is 5.32 Å². The first-order chi connectivity index (χ1) is 11.6. The second-order valence-corrected chi connectivity index (χ2v) is 6.80. The number of rotatable bonds is 2. The van der Waals surface area contributed by atoms with Crippen LogP contribution in [0.15, 0.2) is 48.6 Å². The smallest absolute Gasteiger partial charge is 0.269 e. The van der Waals surface area contributed by atoms with E-state index in [1.807, 2.05) is 12.1 Å². The van der Waals surface area contributed by atoms with Crippen molar-refractivity contribution >= 4 is 11.4 Å². The molecule has 24 heavy (non-hydrogen) atoms. The Kier molecular flexibility index (Phi) is 3.41. The molecular weight excluding hydrogens is 300 g/mol. The topological polar surface area (TPSA) is 55.2 Å². The normalized spacial score (nSPS) is 24.2. The number of non-ortho nitro benzene ring substituents is 1. The van der Waals surface area contributed by atoms with Crippen molar-refractivity contribution < 1.29 is 4.92 Å². The molecule has 4 heteroatoms. The molecule has 0 saturated carbocycles. The highest BCUT2D eigenvalue weighted by atomic mass is 16.6. The molecular formula is C20H20N2O2. The molecule has 1 heterocycles. The van der Waals surface area contributed by atoms with Gasteiger partial charge in [-0.3, -0.25) is 10.1 Å². The molecule has 4 rings (SSSR count). The lowest BCUT2D eigenvalue weighted by Crippen LogP contribution is -2.29. The zero-order chi connectivity index (χ0) is 16.8. The number of aryl methyl sites for hydroxylation is 1. The SMILES string of the molecule is Cc1ccc2c(c1C)N[C@H](c1ccc([N+](=O)[O-])cc1)[C@@H]1CC=C[C@H]21. The Hall–Kier alpha value is -2.62. The van der Waals surface area contributed by atoms with E-state index in [0.717, 1.165) is 12.0 Å². The minimum absolute atomic E-state index is 0.142. The third-order valence-electron chi connectivity index (χ3n) is 5.53. The molecule has 0 fully saturated rings. The van der Waals surface area contributed by atoms with Gasteiger partial charge in [0.25, 0.3) is 5.69 Å². The maximum Gasteiger partial charge on any atom is 0.269 e. The molecule has 0 saturated heterocycles. The van der Waals surface area contributed by atoms with Crippen LogP contribution in [0.1, 0.15) is 40.6 Å². The van der Waals surface area contributed by atoms with Gasteiger partial charge in [0.1, 0.15) is 0 Å². The third kappa shape index (κ3) is 2.21.